The number of pyridine rings is 1. The van der Waals surface area contributed by atoms with Crippen molar-refractivity contribution in [2.75, 3.05) is 6.61 Å². The van der Waals surface area contributed by atoms with Crippen molar-refractivity contribution < 1.29 is 4.74 Å². The summed E-state index contributed by atoms with van der Waals surface area (Å²) in [6.07, 6.45) is 2.56. The highest BCUT2D eigenvalue weighted by atomic mass is 79.9. The normalized spacial score (nSPS) is 10.6. The Hall–Kier alpha value is -0.980. The van der Waals surface area contributed by atoms with Crippen molar-refractivity contribution in [3.63, 3.8) is 0 Å². The van der Waals surface area contributed by atoms with Gasteiger partial charge in [0.15, 0.2) is 0 Å². The summed E-state index contributed by atoms with van der Waals surface area (Å²) in [5, 5.41) is 0. The summed E-state index contributed by atoms with van der Waals surface area (Å²) in [5.41, 5.74) is 9.50. The molecule has 0 spiro atoms. The van der Waals surface area contributed by atoms with E-state index in [1.165, 1.54) is 4.88 Å². The summed E-state index contributed by atoms with van der Waals surface area (Å²) < 4.78 is 6.59. The molecule has 0 aliphatic rings. The molecule has 2 aromatic rings. The van der Waals surface area contributed by atoms with Crippen molar-refractivity contribution in [2.45, 2.75) is 19.9 Å². The third-order valence-electron chi connectivity index (χ3n) is 2.52. The van der Waals surface area contributed by atoms with E-state index in [4.69, 9.17) is 10.5 Å². The maximum Gasteiger partial charge on any atom is 0.217 e. The zero-order valence-electron chi connectivity index (χ0n) is 10.0. The van der Waals surface area contributed by atoms with E-state index in [0.717, 1.165) is 22.2 Å². The maximum absolute atomic E-state index is 5.68. The second-order valence-electron chi connectivity index (χ2n) is 3.78. The van der Waals surface area contributed by atoms with Gasteiger partial charge in [0.1, 0.15) is 0 Å². The molecule has 96 valence electrons. The van der Waals surface area contributed by atoms with Crippen LogP contribution in [0.15, 0.2) is 22.2 Å². The molecule has 0 fully saturated rings. The molecule has 2 rings (SSSR count). The third kappa shape index (κ3) is 3.28. The predicted molar refractivity (Wildman–Crippen MR) is 75.9 cm³/mol. The van der Waals surface area contributed by atoms with Crippen LogP contribution in [0.4, 0.5) is 0 Å². The van der Waals surface area contributed by atoms with Gasteiger partial charge in [-0.15, -0.1) is 11.3 Å². The summed E-state index contributed by atoms with van der Waals surface area (Å²) in [6.45, 7) is 3.01. The van der Waals surface area contributed by atoms with Crippen LogP contribution in [-0.4, -0.2) is 16.6 Å². The van der Waals surface area contributed by atoms with Crippen LogP contribution in [-0.2, 0) is 13.0 Å². The molecule has 0 radical (unpaired) electrons. The Morgan fingerprint density at radius 3 is 2.94 bits per heavy atom. The van der Waals surface area contributed by atoms with E-state index in [2.05, 4.69) is 25.9 Å². The maximum atomic E-state index is 5.68. The molecular weight excluding hydrogens is 314 g/mol. The topological polar surface area (TPSA) is 61.0 Å². The highest BCUT2D eigenvalue weighted by molar-refractivity contribution is 9.10. The molecule has 2 aromatic heterocycles. The molecule has 0 bridgehead atoms. The molecule has 0 saturated carbocycles. The second kappa shape index (κ2) is 6.26. The average Bonchev–Trinajstić information content (AvgIpc) is 2.77. The smallest absolute Gasteiger partial charge is 0.217 e. The molecule has 0 aliphatic heterocycles. The molecule has 2 N–H and O–H groups in total. The van der Waals surface area contributed by atoms with Crippen molar-refractivity contribution in [1.82, 2.24) is 9.97 Å². The van der Waals surface area contributed by atoms with E-state index in [-0.39, 0.29) is 0 Å². The quantitative estimate of drug-likeness (QED) is 0.917. The first kappa shape index (κ1) is 13.5. The van der Waals surface area contributed by atoms with Gasteiger partial charge in [0.25, 0.3) is 0 Å². The molecule has 18 heavy (non-hydrogen) atoms. The van der Waals surface area contributed by atoms with Crippen molar-refractivity contribution in [1.29, 1.82) is 0 Å². The minimum absolute atomic E-state index is 0.418. The van der Waals surface area contributed by atoms with Crippen molar-refractivity contribution >= 4 is 27.3 Å². The molecule has 2 heterocycles. The first-order valence-corrected chi connectivity index (χ1v) is 7.24. The van der Waals surface area contributed by atoms with Crippen LogP contribution in [0.5, 0.6) is 5.88 Å². The van der Waals surface area contributed by atoms with Gasteiger partial charge in [0.2, 0.25) is 5.88 Å². The Balaban J connectivity index is 1.96. The Labute approximate surface area is 118 Å². The van der Waals surface area contributed by atoms with Gasteiger partial charge in [-0.25, -0.2) is 9.97 Å². The number of rotatable bonds is 5. The summed E-state index contributed by atoms with van der Waals surface area (Å²) in [6, 6.07) is 1.93. The highest BCUT2D eigenvalue weighted by Crippen LogP contribution is 2.20. The molecule has 0 aliphatic carbocycles. The lowest BCUT2D eigenvalue weighted by atomic mass is 10.3. The Bertz CT molecular complexity index is 530. The Morgan fingerprint density at radius 2 is 2.28 bits per heavy atom. The number of nitrogens with zero attached hydrogens (tertiary/aromatic N) is 2. The van der Waals surface area contributed by atoms with Gasteiger partial charge in [-0.3, -0.25) is 0 Å². The van der Waals surface area contributed by atoms with Gasteiger partial charge in [-0.2, -0.15) is 0 Å². The standard InChI is InChI=1S/C12H14BrN3OS/c1-8-11(18-7-16-8)2-3-17-12-9(5-14)4-10(13)6-15-12/h4,6-7H,2-3,5,14H2,1H3. The molecular formula is C12H14BrN3OS. The highest BCUT2D eigenvalue weighted by Gasteiger charge is 2.06. The van der Waals surface area contributed by atoms with E-state index in [0.29, 0.717) is 19.0 Å². The van der Waals surface area contributed by atoms with Gasteiger partial charge in [0, 0.05) is 34.1 Å². The van der Waals surface area contributed by atoms with Crippen molar-refractivity contribution in [3.05, 3.63) is 38.4 Å². The summed E-state index contributed by atoms with van der Waals surface area (Å²) in [7, 11) is 0. The SMILES string of the molecule is Cc1ncsc1CCOc1ncc(Br)cc1CN. The zero-order chi connectivity index (χ0) is 13.0. The van der Waals surface area contributed by atoms with Gasteiger partial charge in [0.05, 0.1) is 17.8 Å². The molecule has 0 amide bonds. The van der Waals surface area contributed by atoms with Gasteiger partial charge < -0.3 is 10.5 Å². The van der Waals surface area contributed by atoms with E-state index in [1.54, 1.807) is 17.5 Å². The van der Waals surface area contributed by atoms with E-state index in [9.17, 15) is 0 Å². The summed E-state index contributed by atoms with van der Waals surface area (Å²) in [4.78, 5) is 9.69. The third-order valence-corrected chi connectivity index (χ3v) is 3.95. The molecule has 4 nitrogen and oxygen atoms in total. The molecule has 6 heteroatoms. The second-order valence-corrected chi connectivity index (χ2v) is 5.64. The average molecular weight is 328 g/mol. The van der Waals surface area contributed by atoms with Crippen LogP contribution in [0.2, 0.25) is 0 Å². The Morgan fingerprint density at radius 1 is 1.44 bits per heavy atom. The van der Waals surface area contributed by atoms with Gasteiger partial charge >= 0.3 is 0 Å². The summed E-state index contributed by atoms with van der Waals surface area (Å²) >= 11 is 5.02. The van der Waals surface area contributed by atoms with Crippen LogP contribution in [0, 0.1) is 6.92 Å². The fourth-order valence-electron chi connectivity index (χ4n) is 1.55. The van der Waals surface area contributed by atoms with E-state index < -0.39 is 0 Å². The lowest BCUT2D eigenvalue weighted by molar-refractivity contribution is 0.306. The molecule has 0 unspecified atom stereocenters. The zero-order valence-corrected chi connectivity index (χ0v) is 12.4. The first-order valence-electron chi connectivity index (χ1n) is 5.57. The summed E-state index contributed by atoms with van der Waals surface area (Å²) in [5.74, 6) is 0.614. The van der Waals surface area contributed by atoms with Crippen molar-refractivity contribution in [2.24, 2.45) is 5.73 Å². The molecule has 0 aromatic carbocycles. The van der Waals surface area contributed by atoms with E-state index in [1.807, 2.05) is 18.5 Å². The van der Waals surface area contributed by atoms with Crippen LogP contribution >= 0.6 is 27.3 Å². The van der Waals surface area contributed by atoms with Gasteiger partial charge in [-0.05, 0) is 28.9 Å². The number of thiazole rings is 1. The number of hydrogen-bond acceptors (Lipinski definition) is 5. The Kier molecular flexibility index (Phi) is 4.68. The number of hydrogen-bond donors (Lipinski definition) is 1. The number of ether oxygens (including phenoxy) is 1. The number of aromatic nitrogens is 2. The monoisotopic (exact) mass is 327 g/mol. The van der Waals surface area contributed by atoms with Crippen LogP contribution < -0.4 is 10.5 Å². The lowest BCUT2D eigenvalue weighted by Gasteiger charge is -2.09. The lowest BCUT2D eigenvalue weighted by Crippen LogP contribution is -2.07. The fourth-order valence-corrected chi connectivity index (χ4v) is 2.69. The van der Waals surface area contributed by atoms with Gasteiger partial charge in [-0.1, -0.05) is 0 Å². The van der Waals surface area contributed by atoms with E-state index >= 15 is 0 Å². The minimum atomic E-state index is 0.418. The first-order chi connectivity index (χ1) is 8.70. The minimum Gasteiger partial charge on any atom is -0.477 e. The predicted octanol–water partition coefficient (Wildman–Crippen LogP) is 2.69. The molecule has 0 atom stereocenters. The fraction of sp³-hybridized carbons (Fsp3) is 0.333. The number of halogens is 1. The van der Waals surface area contributed by atoms with Crippen LogP contribution in [0.3, 0.4) is 0 Å². The number of aryl methyl sites for hydroxylation is 1. The van der Waals surface area contributed by atoms with Crippen molar-refractivity contribution in [3.8, 4) is 5.88 Å². The molecule has 0 saturated heterocycles. The largest absolute Gasteiger partial charge is 0.477 e. The van der Waals surface area contributed by atoms with Crippen LogP contribution in [0.1, 0.15) is 16.1 Å². The number of nitrogens with two attached hydrogens (primary N) is 1. The van der Waals surface area contributed by atoms with Crippen LogP contribution in [0.25, 0.3) is 0 Å².